The van der Waals surface area contributed by atoms with Crippen LogP contribution >= 0.6 is 0 Å². The molecule has 2 aromatic rings. The molecule has 0 spiro atoms. The van der Waals surface area contributed by atoms with Gasteiger partial charge in [0.2, 0.25) is 0 Å². The summed E-state index contributed by atoms with van der Waals surface area (Å²) in [6, 6.07) is 1.57. The van der Waals surface area contributed by atoms with Gasteiger partial charge >= 0.3 is 11.8 Å². The number of aromatic nitrogens is 3. The first-order valence-electron chi connectivity index (χ1n) is 9.15. The SMILES string of the molecule is Cc1cc(C(=O)N2CCC(C3(C)COC(=O)N3)CC2)nc2[nH]c(=O)[nH]c(=O)c12. The first-order valence-corrected chi connectivity index (χ1v) is 9.15. The molecule has 0 aliphatic carbocycles. The summed E-state index contributed by atoms with van der Waals surface area (Å²) in [5.41, 5.74) is -0.746. The Morgan fingerprint density at radius 2 is 1.96 bits per heavy atom. The van der Waals surface area contributed by atoms with Crippen LogP contribution in [0.3, 0.4) is 0 Å². The predicted octanol–water partition coefficient (Wildman–Crippen LogP) is 0.271. The summed E-state index contributed by atoms with van der Waals surface area (Å²) in [7, 11) is 0. The minimum atomic E-state index is -0.663. The molecule has 0 radical (unpaired) electrons. The van der Waals surface area contributed by atoms with Gasteiger partial charge in [0.05, 0.1) is 10.9 Å². The zero-order valence-electron chi connectivity index (χ0n) is 15.6. The number of alkyl carbamates (subject to hydrolysis) is 1. The van der Waals surface area contributed by atoms with Crippen LogP contribution in [0.1, 0.15) is 35.8 Å². The first-order chi connectivity index (χ1) is 13.3. The van der Waals surface area contributed by atoms with E-state index in [0.717, 1.165) is 12.8 Å². The lowest BCUT2D eigenvalue weighted by Crippen LogP contribution is -2.52. The first kappa shape index (κ1) is 18.2. The van der Waals surface area contributed by atoms with Crippen molar-refractivity contribution >= 4 is 23.0 Å². The standard InChI is InChI=1S/C18H21N5O5/c1-9-7-11(19-13-12(9)14(24)21-16(26)20-13)15(25)23-5-3-10(4-6-23)18(2)8-28-17(27)22-18/h7,10H,3-6,8H2,1-2H3,(H,22,27)(H2,19,20,21,24,26). The topological polar surface area (TPSA) is 137 Å². The number of amides is 2. The molecule has 1 unspecified atom stereocenters. The van der Waals surface area contributed by atoms with Crippen LogP contribution in [0.25, 0.3) is 11.0 Å². The Bertz CT molecular complexity index is 1080. The van der Waals surface area contributed by atoms with E-state index in [1.165, 1.54) is 0 Å². The molecule has 10 nitrogen and oxygen atoms in total. The number of carbonyl (C=O) groups excluding carboxylic acids is 2. The summed E-state index contributed by atoms with van der Waals surface area (Å²) in [6.07, 6.45) is 1.06. The number of piperidine rings is 1. The molecule has 4 heterocycles. The van der Waals surface area contributed by atoms with Gasteiger partial charge in [0, 0.05) is 13.1 Å². The van der Waals surface area contributed by atoms with Crippen LogP contribution in [-0.4, -0.2) is 57.1 Å². The van der Waals surface area contributed by atoms with Crippen LogP contribution in [0.5, 0.6) is 0 Å². The van der Waals surface area contributed by atoms with Crippen molar-refractivity contribution in [2.75, 3.05) is 19.7 Å². The summed E-state index contributed by atoms with van der Waals surface area (Å²) >= 11 is 0. The zero-order chi connectivity index (χ0) is 20.1. The molecule has 2 aliphatic heterocycles. The van der Waals surface area contributed by atoms with Crippen LogP contribution in [-0.2, 0) is 4.74 Å². The van der Waals surface area contributed by atoms with E-state index in [1.807, 2.05) is 6.92 Å². The lowest BCUT2D eigenvalue weighted by molar-refractivity contribution is 0.0618. The van der Waals surface area contributed by atoms with Crippen molar-refractivity contribution in [3.8, 4) is 0 Å². The van der Waals surface area contributed by atoms with Gasteiger partial charge in [-0.15, -0.1) is 0 Å². The fraction of sp³-hybridized carbons (Fsp3) is 0.500. The van der Waals surface area contributed by atoms with Gasteiger partial charge < -0.3 is 15.0 Å². The third-order valence-electron chi connectivity index (χ3n) is 5.70. The monoisotopic (exact) mass is 387 g/mol. The highest BCUT2D eigenvalue weighted by Crippen LogP contribution is 2.31. The normalized spacial score (nSPS) is 22.9. The van der Waals surface area contributed by atoms with Crippen LogP contribution in [0, 0.1) is 12.8 Å². The molecule has 2 amide bonds. The highest BCUT2D eigenvalue weighted by atomic mass is 16.6. The Kier molecular flexibility index (Phi) is 4.20. The van der Waals surface area contributed by atoms with Gasteiger partial charge in [-0.3, -0.25) is 19.6 Å². The molecule has 0 bridgehead atoms. The van der Waals surface area contributed by atoms with Gasteiger partial charge in [-0.1, -0.05) is 0 Å². The summed E-state index contributed by atoms with van der Waals surface area (Å²) in [5.74, 6) is -0.0364. The fourth-order valence-corrected chi connectivity index (χ4v) is 4.09. The number of aryl methyl sites for hydroxylation is 1. The Labute approximate surface area is 159 Å². The van der Waals surface area contributed by atoms with Gasteiger partial charge in [-0.05, 0) is 44.2 Å². The van der Waals surface area contributed by atoms with Crippen molar-refractivity contribution in [1.29, 1.82) is 0 Å². The molecule has 4 rings (SSSR count). The van der Waals surface area contributed by atoms with E-state index in [0.29, 0.717) is 25.3 Å². The summed E-state index contributed by atoms with van der Waals surface area (Å²) in [6.45, 7) is 5.05. The van der Waals surface area contributed by atoms with Crippen molar-refractivity contribution in [2.45, 2.75) is 32.2 Å². The van der Waals surface area contributed by atoms with E-state index < -0.39 is 22.9 Å². The Hall–Kier alpha value is -3.17. The molecule has 2 fully saturated rings. The molecular weight excluding hydrogens is 366 g/mol. The Balaban J connectivity index is 1.54. The van der Waals surface area contributed by atoms with Crippen molar-refractivity contribution in [3.63, 3.8) is 0 Å². The molecule has 2 aromatic heterocycles. The average Bonchev–Trinajstić information content (AvgIpc) is 3.00. The van der Waals surface area contributed by atoms with Crippen molar-refractivity contribution in [3.05, 3.63) is 38.2 Å². The molecule has 148 valence electrons. The molecule has 0 saturated carbocycles. The number of nitrogens with one attached hydrogen (secondary N) is 3. The average molecular weight is 387 g/mol. The van der Waals surface area contributed by atoms with Crippen LogP contribution in [0.4, 0.5) is 4.79 Å². The summed E-state index contributed by atoms with van der Waals surface area (Å²) < 4.78 is 5.04. The highest BCUT2D eigenvalue weighted by molar-refractivity contribution is 5.95. The van der Waals surface area contributed by atoms with E-state index >= 15 is 0 Å². The van der Waals surface area contributed by atoms with E-state index in [2.05, 4.69) is 20.3 Å². The van der Waals surface area contributed by atoms with Gasteiger partial charge in [-0.2, -0.15) is 0 Å². The maximum Gasteiger partial charge on any atom is 0.407 e. The minimum absolute atomic E-state index is 0.102. The maximum absolute atomic E-state index is 12.9. The highest BCUT2D eigenvalue weighted by Gasteiger charge is 2.43. The largest absolute Gasteiger partial charge is 0.447 e. The molecular formula is C18H21N5O5. The summed E-state index contributed by atoms with van der Waals surface area (Å²) in [4.78, 5) is 58.4. The molecule has 28 heavy (non-hydrogen) atoms. The number of hydrogen-bond donors (Lipinski definition) is 3. The number of H-pyrrole nitrogens is 2. The summed E-state index contributed by atoms with van der Waals surface area (Å²) in [5, 5.41) is 3.13. The molecule has 1 atom stereocenters. The van der Waals surface area contributed by atoms with Gasteiger partial charge in [0.15, 0.2) is 0 Å². The number of nitrogens with zero attached hydrogens (tertiary/aromatic N) is 2. The van der Waals surface area contributed by atoms with Crippen molar-refractivity contribution in [2.24, 2.45) is 5.92 Å². The molecule has 2 aliphatic rings. The molecule has 0 aromatic carbocycles. The Morgan fingerprint density at radius 1 is 1.25 bits per heavy atom. The Morgan fingerprint density at radius 3 is 2.61 bits per heavy atom. The van der Waals surface area contributed by atoms with Crippen molar-refractivity contribution in [1.82, 2.24) is 25.2 Å². The van der Waals surface area contributed by atoms with Gasteiger partial charge in [0.25, 0.3) is 11.5 Å². The fourth-order valence-electron chi connectivity index (χ4n) is 4.09. The number of carbonyl (C=O) groups is 2. The molecule has 2 saturated heterocycles. The van der Waals surface area contributed by atoms with Gasteiger partial charge in [-0.25, -0.2) is 14.6 Å². The minimum Gasteiger partial charge on any atom is -0.447 e. The third kappa shape index (κ3) is 3.04. The van der Waals surface area contributed by atoms with Crippen LogP contribution in [0.15, 0.2) is 15.7 Å². The third-order valence-corrected chi connectivity index (χ3v) is 5.70. The van der Waals surface area contributed by atoms with Crippen LogP contribution in [0.2, 0.25) is 0 Å². The number of fused-ring (bicyclic) bond motifs is 1. The second-order valence-electron chi connectivity index (χ2n) is 7.64. The lowest BCUT2D eigenvalue weighted by Gasteiger charge is -2.39. The van der Waals surface area contributed by atoms with Crippen LogP contribution < -0.4 is 16.6 Å². The molecule has 3 N–H and O–H groups in total. The number of hydrogen-bond acceptors (Lipinski definition) is 6. The quantitative estimate of drug-likeness (QED) is 0.676. The second kappa shape index (κ2) is 6.47. The van der Waals surface area contributed by atoms with Gasteiger partial charge in [0.1, 0.15) is 17.9 Å². The maximum atomic E-state index is 12.9. The number of pyridine rings is 1. The van der Waals surface area contributed by atoms with Crippen molar-refractivity contribution < 1.29 is 14.3 Å². The second-order valence-corrected chi connectivity index (χ2v) is 7.64. The number of likely N-dealkylation sites (tertiary alicyclic amines) is 1. The molecule has 10 heteroatoms. The number of rotatable bonds is 2. The number of aromatic amines is 2. The van der Waals surface area contributed by atoms with E-state index in [1.54, 1.807) is 17.9 Å². The van der Waals surface area contributed by atoms with E-state index in [4.69, 9.17) is 4.74 Å². The smallest absolute Gasteiger partial charge is 0.407 e. The van der Waals surface area contributed by atoms with E-state index in [-0.39, 0.29) is 28.6 Å². The van der Waals surface area contributed by atoms with E-state index in [9.17, 15) is 19.2 Å². The predicted molar refractivity (Wildman–Crippen MR) is 99.2 cm³/mol. The number of cyclic esters (lactones) is 1. The number of ether oxygens (including phenoxy) is 1. The zero-order valence-corrected chi connectivity index (χ0v) is 15.6. The lowest BCUT2D eigenvalue weighted by atomic mass is 9.80.